The number of hydrazone groups is 1. The second-order valence-electron chi connectivity index (χ2n) is 4.87. The van der Waals surface area contributed by atoms with Crippen LogP contribution < -0.4 is 10.2 Å². The van der Waals surface area contributed by atoms with Crippen LogP contribution in [0.2, 0.25) is 0 Å². The molecule has 0 aliphatic carbocycles. The van der Waals surface area contributed by atoms with Gasteiger partial charge in [-0.15, -0.1) is 0 Å². The van der Waals surface area contributed by atoms with E-state index in [1.807, 2.05) is 25.1 Å². The van der Waals surface area contributed by atoms with Crippen molar-refractivity contribution in [3.8, 4) is 5.75 Å². The monoisotopic (exact) mass is 306 g/mol. The number of hydrogen-bond donors (Lipinski definition) is 1. The molecule has 0 saturated carbocycles. The molecule has 1 unspecified atom stereocenters. The summed E-state index contributed by atoms with van der Waals surface area (Å²) in [7, 11) is 0. The van der Waals surface area contributed by atoms with E-state index >= 15 is 0 Å². The summed E-state index contributed by atoms with van der Waals surface area (Å²) in [6.07, 6.45) is 0. The topological polar surface area (TPSA) is 77.0 Å². The van der Waals surface area contributed by atoms with Gasteiger partial charge < -0.3 is 9.47 Å². The summed E-state index contributed by atoms with van der Waals surface area (Å²) in [6, 6.07) is 7.41. The zero-order valence-corrected chi connectivity index (χ0v) is 13.4. The van der Waals surface area contributed by atoms with Crippen molar-refractivity contribution in [3.05, 3.63) is 29.8 Å². The Morgan fingerprint density at radius 2 is 2.09 bits per heavy atom. The minimum atomic E-state index is -0.502. The van der Waals surface area contributed by atoms with Crippen LogP contribution in [0.25, 0.3) is 0 Å². The van der Waals surface area contributed by atoms with Crippen molar-refractivity contribution >= 4 is 17.6 Å². The average molecular weight is 306 g/mol. The summed E-state index contributed by atoms with van der Waals surface area (Å²) < 4.78 is 10.2. The van der Waals surface area contributed by atoms with Crippen molar-refractivity contribution in [1.29, 1.82) is 0 Å². The maximum absolute atomic E-state index is 11.7. The fraction of sp³-hybridized carbons (Fsp3) is 0.438. The van der Waals surface area contributed by atoms with Crippen LogP contribution in [0.3, 0.4) is 0 Å². The number of aryl methyl sites for hydroxylation is 1. The smallest absolute Gasteiger partial charge is 0.314 e. The number of carbonyl (C=O) groups is 2. The molecule has 1 N–H and O–H groups in total. The first-order valence-corrected chi connectivity index (χ1v) is 7.13. The molecule has 0 heterocycles. The van der Waals surface area contributed by atoms with Crippen LogP contribution in [0.1, 0.15) is 26.3 Å². The van der Waals surface area contributed by atoms with Crippen LogP contribution >= 0.6 is 0 Å². The van der Waals surface area contributed by atoms with Crippen molar-refractivity contribution in [2.24, 2.45) is 11.0 Å². The zero-order valence-electron chi connectivity index (χ0n) is 13.4. The third-order valence-electron chi connectivity index (χ3n) is 2.98. The summed E-state index contributed by atoms with van der Waals surface area (Å²) in [5.41, 5.74) is 3.89. The van der Waals surface area contributed by atoms with Crippen LogP contribution in [0.15, 0.2) is 29.4 Å². The lowest BCUT2D eigenvalue weighted by molar-refractivity contribution is -0.145. The molecule has 120 valence electrons. The number of ether oxygens (including phenoxy) is 2. The Labute approximate surface area is 130 Å². The standard InChI is InChI=1S/C16H22N2O4/c1-5-21-16(20)12(3)13(4)17-18-15(19)10-22-14-8-6-7-11(2)9-14/h6-9,12H,5,10H2,1-4H3,(H,18,19)/b17-13-. The number of nitrogens with one attached hydrogen (secondary N) is 1. The van der Waals surface area contributed by atoms with E-state index in [0.29, 0.717) is 18.1 Å². The highest BCUT2D eigenvalue weighted by Gasteiger charge is 2.17. The maximum atomic E-state index is 11.7. The highest BCUT2D eigenvalue weighted by atomic mass is 16.5. The van der Waals surface area contributed by atoms with Crippen molar-refractivity contribution in [2.45, 2.75) is 27.7 Å². The van der Waals surface area contributed by atoms with E-state index in [9.17, 15) is 9.59 Å². The van der Waals surface area contributed by atoms with E-state index in [-0.39, 0.29) is 12.6 Å². The highest BCUT2D eigenvalue weighted by molar-refractivity contribution is 6.00. The molecule has 1 aromatic carbocycles. The number of benzene rings is 1. The Balaban J connectivity index is 2.44. The molecule has 6 heteroatoms. The SMILES string of the molecule is CCOC(=O)C(C)/C(C)=N\NC(=O)COc1cccc(C)c1. The summed E-state index contributed by atoms with van der Waals surface area (Å²) in [5, 5.41) is 3.89. The lowest BCUT2D eigenvalue weighted by Gasteiger charge is -2.10. The van der Waals surface area contributed by atoms with Crippen LogP contribution in [0.4, 0.5) is 0 Å². The van der Waals surface area contributed by atoms with E-state index in [0.717, 1.165) is 5.56 Å². The molecule has 22 heavy (non-hydrogen) atoms. The van der Waals surface area contributed by atoms with Crippen LogP contribution in [0, 0.1) is 12.8 Å². The molecule has 1 atom stereocenters. The van der Waals surface area contributed by atoms with Crippen LogP contribution in [0.5, 0.6) is 5.75 Å². The van der Waals surface area contributed by atoms with Gasteiger partial charge in [-0.2, -0.15) is 5.10 Å². The molecule has 1 rings (SSSR count). The lowest BCUT2D eigenvalue weighted by Crippen LogP contribution is -2.28. The quantitative estimate of drug-likeness (QED) is 0.475. The largest absolute Gasteiger partial charge is 0.484 e. The van der Waals surface area contributed by atoms with Crippen molar-refractivity contribution in [1.82, 2.24) is 5.43 Å². The lowest BCUT2D eigenvalue weighted by atomic mass is 10.1. The highest BCUT2D eigenvalue weighted by Crippen LogP contribution is 2.11. The van der Waals surface area contributed by atoms with Gasteiger partial charge in [0.1, 0.15) is 5.75 Å². The van der Waals surface area contributed by atoms with Gasteiger partial charge in [-0.3, -0.25) is 9.59 Å². The van der Waals surface area contributed by atoms with Gasteiger partial charge in [0.25, 0.3) is 5.91 Å². The molecule has 0 radical (unpaired) electrons. The molecule has 1 amide bonds. The molecule has 6 nitrogen and oxygen atoms in total. The Hall–Kier alpha value is -2.37. The summed E-state index contributed by atoms with van der Waals surface area (Å²) >= 11 is 0. The van der Waals surface area contributed by atoms with Crippen molar-refractivity contribution in [2.75, 3.05) is 13.2 Å². The fourth-order valence-electron chi connectivity index (χ4n) is 1.57. The van der Waals surface area contributed by atoms with E-state index in [1.54, 1.807) is 26.8 Å². The minimum absolute atomic E-state index is 0.145. The molecular weight excluding hydrogens is 284 g/mol. The summed E-state index contributed by atoms with van der Waals surface area (Å²) in [6.45, 7) is 7.18. The van der Waals surface area contributed by atoms with Gasteiger partial charge in [0.2, 0.25) is 0 Å². The molecule has 0 fully saturated rings. The zero-order chi connectivity index (χ0) is 16.5. The van der Waals surface area contributed by atoms with Crippen LogP contribution in [-0.2, 0) is 14.3 Å². The first kappa shape index (κ1) is 17.7. The van der Waals surface area contributed by atoms with Gasteiger partial charge in [0.15, 0.2) is 6.61 Å². The minimum Gasteiger partial charge on any atom is -0.484 e. The first-order valence-electron chi connectivity index (χ1n) is 7.13. The Morgan fingerprint density at radius 3 is 2.73 bits per heavy atom. The third-order valence-corrected chi connectivity index (χ3v) is 2.98. The molecule has 0 aliphatic heterocycles. The van der Waals surface area contributed by atoms with Crippen molar-refractivity contribution < 1.29 is 19.1 Å². The second kappa shape index (κ2) is 8.81. The van der Waals surface area contributed by atoms with E-state index < -0.39 is 11.8 Å². The Bertz CT molecular complexity index is 555. The number of esters is 1. The Morgan fingerprint density at radius 1 is 1.36 bits per heavy atom. The molecule has 0 aromatic heterocycles. The van der Waals surface area contributed by atoms with Gasteiger partial charge in [-0.1, -0.05) is 12.1 Å². The van der Waals surface area contributed by atoms with Gasteiger partial charge in [0.05, 0.1) is 12.5 Å². The van der Waals surface area contributed by atoms with E-state index in [1.165, 1.54) is 0 Å². The molecule has 1 aromatic rings. The van der Waals surface area contributed by atoms with E-state index in [2.05, 4.69) is 10.5 Å². The fourth-order valence-corrected chi connectivity index (χ4v) is 1.57. The number of hydrogen-bond acceptors (Lipinski definition) is 5. The predicted octanol–water partition coefficient (Wildman–Crippen LogP) is 2.07. The van der Waals surface area contributed by atoms with Gasteiger partial charge >= 0.3 is 5.97 Å². The van der Waals surface area contributed by atoms with Crippen molar-refractivity contribution in [3.63, 3.8) is 0 Å². The average Bonchev–Trinajstić information content (AvgIpc) is 2.50. The van der Waals surface area contributed by atoms with Crippen LogP contribution in [-0.4, -0.2) is 30.8 Å². The second-order valence-corrected chi connectivity index (χ2v) is 4.87. The number of carbonyl (C=O) groups excluding carboxylic acids is 2. The number of amides is 1. The summed E-state index contributed by atoms with van der Waals surface area (Å²) in [4.78, 5) is 23.2. The number of nitrogens with zero attached hydrogens (tertiary/aromatic N) is 1. The first-order chi connectivity index (χ1) is 10.4. The van der Waals surface area contributed by atoms with Gasteiger partial charge in [0, 0.05) is 5.71 Å². The van der Waals surface area contributed by atoms with E-state index in [4.69, 9.17) is 9.47 Å². The maximum Gasteiger partial charge on any atom is 0.314 e. The number of rotatable bonds is 7. The normalized spacial score (nSPS) is 12.5. The molecule has 0 aliphatic rings. The molecule has 0 saturated heterocycles. The molecular formula is C16H22N2O4. The predicted molar refractivity (Wildman–Crippen MR) is 83.7 cm³/mol. The summed E-state index contributed by atoms with van der Waals surface area (Å²) in [5.74, 6) is -0.639. The van der Waals surface area contributed by atoms with Gasteiger partial charge in [-0.05, 0) is 45.4 Å². The molecule has 0 spiro atoms. The third kappa shape index (κ3) is 5.95. The molecule has 0 bridgehead atoms. The van der Waals surface area contributed by atoms with Gasteiger partial charge in [-0.25, -0.2) is 5.43 Å². The Kier molecular flexibility index (Phi) is 7.08.